The van der Waals surface area contributed by atoms with Crippen LogP contribution in [0.25, 0.3) is 22.0 Å². The molecule has 4 aromatic carbocycles. The number of piperidine rings is 2. The normalized spacial score (nSPS) is 15.7. The third-order valence-corrected chi connectivity index (χ3v) is 11.5. The Balaban J connectivity index is 0.743. The van der Waals surface area contributed by atoms with Crippen molar-refractivity contribution in [2.45, 2.75) is 57.3 Å². The number of carbonyl (C=O) groups excluding carboxylic acids is 3. The Morgan fingerprint density at radius 1 is 0.833 bits per heavy atom. The van der Waals surface area contributed by atoms with Crippen LogP contribution in [-0.4, -0.2) is 94.9 Å². The van der Waals surface area contributed by atoms with Gasteiger partial charge in [-0.05, 0) is 83.7 Å². The lowest BCUT2D eigenvalue weighted by Crippen LogP contribution is -2.43. The van der Waals surface area contributed by atoms with Gasteiger partial charge >= 0.3 is 12.1 Å². The minimum atomic E-state index is -0.871. The first-order valence-electron chi connectivity index (χ1n) is 20.8. The number of aromatic nitrogens is 1. The van der Waals surface area contributed by atoms with Crippen molar-refractivity contribution < 1.29 is 34.1 Å². The molecule has 7 rings (SSSR count). The van der Waals surface area contributed by atoms with E-state index in [4.69, 9.17) is 9.47 Å². The van der Waals surface area contributed by atoms with Crippen LogP contribution in [0.3, 0.4) is 0 Å². The fourth-order valence-corrected chi connectivity index (χ4v) is 8.03. The molecule has 3 heterocycles. The molecule has 13 heteroatoms. The molecule has 0 aliphatic carbocycles. The van der Waals surface area contributed by atoms with Gasteiger partial charge in [0.15, 0.2) is 0 Å². The van der Waals surface area contributed by atoms with Gasteiger partial charge in [0.1, 0.15) is 11.9 Å². The first kappa shape index (κ1) is 42.1. The zero-order chi connectivity index (χ0) is 41.8. The minimum Gasteiger partial charge on any atom is -0.506 e. The van der Waals surface area contributed by atoms with Crippen LogP contribution in [0.4, 0.5) is 10.5 Å². The minimum absolute atomic E-state index is 0.0601. The van der Waals surface area contributed by atoms with Crippen LogP contribution in [0, 0.1) is 5.92 Å². The van der Waals surface area contributed by atoms with Gasteiger partial charge in [0.2, 0.25) is 11.5 Å². The van der Waals surface area contributed by atoms with Gasteiger partial charge < -0.3 is 39.8 Å². The van der Waals surface area contributed by atoms with E-state index in [9.17, 15) is 29.4 Å². The van der Waals surface area contributed by atoms with E-state index in [0.717, 1.165) is 61.0 Å². The van der Waals surface area contributed by atoms with E-state index >= 15 is 0 Å². The molecule has 2 aliphatic heterocycles. The number of aliphatic hydroxyl groups is 1. The third-order valence-electron chi connectivity index (χ3n) is 11.5. The number of phenolic OH excluding ortho intramolecular Hbond substituents is 1. The molecule has 2 aliphatic rings. The number of benzene rings is 4. The highest BCUT2D eigenvalue weighted by atomic mass is 16.5. The van der Waals surface area contributed by atoms with Gasteiger partial charge in [0.05, 0.1) is 24.6 Å². The van der Waals surface area contributed by atoms with E-state index < -0.39 is 12.2 Å². The van der Waals surface area contributed by atoms with Gasteiger partial charge in [-0.1, -0.05) is 72.8 Å². The zero-order valence-corrected chi connectivity index (χ0v) is 33.7. The Hall–Kier alpha value is -6.02. The maximum absolute atomic E-state index is 13.1. The maximum Gasteiger partial charge on any atom is 0.411 e. The predicted octanol–water partition coefficient (Wildman–Crippen LogP) is 6.15. The Kier molecular flexibility index (Phi) is 14.2. The number of carbonyl (C=O) groups is 3. The summed E-state index contributed by atoms with van der Waals surface area (Å²) in [7, 11) is 0. The molecule has 0 radical (unpaired) electrons. The summed E-state index contributed by atoms with van der Waals surface area (Å²) < 4.78 is 11.4. The number of aromatic amines is 1. The van der Waals surface area contributed by atoms with Crippen molar-refractivity contribution in [3.63, 3.8) is 0 Å². The standard InChI is InChI=1S/C47H53N5O8/c53-41-16-14-39(40-15-17-43(55)50-46(40)41)42(54)30-48-29-32-10-12-36(13-11-32)49-47(58)59-31-33-18-26-52(27-19-33)44(56)22-25-51-23-20-37(21-24-51)60-45(57)28-35-8-4-5-9-38(35)34-6-2-1-3-7-34/h1-17,33,37,42,48,53-54H,18-31H2,(H,49,58)(H,50,55)/t42-/m0/s1. The van der Waals surface area contributed by atoms with Crippen LogP contribution in [0.2, 0.25) is 0 Å². The van der Waals surface area contributed by atoms with E-state index in [1.54, 1.807) is 24.3 Å². The number of aliphatic hydroxyl groups excluding tert-OH is 1. The number of hydrogen-bond donors (Lipinski definition) is 5. The lowest BCUT2D eigenvalue weighted by Gasteiger charge is -2.34. The van der Waals surface area contributed by atoms with Crippen molar-refractivity contribution in [2.24, 2.45) is 5.92 Å². The molecular weight excluding hydrogens is 763 g/mol. The number of fused-ring (bicyclic) bond motifs is 1. The lowest BCUT2D eigenvalue weighted by molar-refractivity contribution is -0.150. The smallest absolute Gasteiger partial charge is 0.411 e. The summed E-state index contributed by atoms with van der Waals surface area (Å²) in [6, 6.07) is 31.3. The van der Waals surface area contributed by atoms with Crippen molar-refractivity contribution in [3.05, 3.63) is 130 Å². The summed E-state index contributed by atoms with van der Waals surface area (Å²) >= 11 is 0. The highest BCUT2D eigenvalue weighted by Crippen LogP contribution is 2.29. The summed E-state index contributed by atoms with van der Waals surface area (Å²) in [6.45, 7) is 4.52. The molecule has 60 heavy (non-hydrogen) atoms. The summed E-state index contributed by atoms with van der Waals surface area (Å²) in [6.07, 6.45) is 2.20. The zero-order valence-electron chi connectivity index (χ0n) is 33.7. The van der Waals surface area contributed by atoms with Crippen LogP contribution in [0.15, 0.2) is 108 Å². The highest BCUT2D eigenvalue weighted by Gasteiger charge is 2.26. The van der Waals surface area contributed by atoms with E-state index in [1.807, 2.05) is 71.6 Å². The number of aromatic hydroxyl groups is 1. The van der Waals surface area contributed by atoms with Crippen molar-refractivity contribution in [1.82, 2.24) is 20.1 Å². The molecule has 2 fully saturated rings. The fourth-order valence-electron chi connectivity index (χ4n) is 8.03. The first-order valence-corrected chi connectivity index (χ1v) is 20.8. The second kappa shape index (κ2) is 20.3. The largest absolute Gasteiger partial charge is 0.506 e. The number of phenols is 1. The molecule has 2 saturated heterocycles. The number of amides is 2. The topological polar surface area (TPSA) is 174 Å². The Bertz CT molecular complexity index is 2280. The predicted molar refractivity (Wildman–Crippen MR) is 229 cm³/mol. The number of esters is 1. The summed E-state index contributed by atoms with van der Waals surface area (Å²) in [4.78, 5) is 57.0. The Morgan fingerprint density at radius 2 is 1.57 bits per heavy atom. The number of anilines is 1. The van der Waals surface area contributed by atoms with Gasteiger partial charge in [-0.25, -0.2) is 4.79 Å². The van der Waals surface area contributed by atoms with Gasteiger partial charge in [-0.2, -0.15) is 0 Å². The quantitative estimate of drug-likeness (QED) is 0.0772. The van der Waals surface area contributed by atoms with Crippen molar-refractivity contribution >= 4 is 34.6 Å². The van der Waals surface area contributed by atoms with E-state index in [1.165, 1.54) is 12.1 Å². The highest BCUT2D eigenvalue weighted by molar-refractivity contribution is 5.87. The fraction of sp³-hybridized carbons (Fsp3) is 0.362. The second-order valence-electron chi connectivity index (χ2n) is 15.7. The number of likely N-dealkylation sites (tertiary alicyclic amines) is 2. The average molecular weight is 816 g/mol. The van der Waals surface area contributed by atoms with Gasteiger partial charge in [-0.3, -0.25) is 19.7 Å². The molecule has 0 saturated carbocycles. The molecule has 0 unspecified atom stereocenters. The van der Waals surface area contributed by atoms with Crippen LogP contribution in [0.5, 0.6) is 5.75 Å². The van der Waals surface area contributed by atoms with E-state index in [2.05, 4.69) is 20.5 Å². The average Bonchev–Trinajstić information content (AvgIpc) is 3.27. The van der Waals surface area contributed by atoms with Crippen molar-refractivity contribution in [1.29, 1.82) is 0 Å². The van der Waals surface area contributed by atoms with E-state index in [0.29, 0.717) is 49.2 Å². The maximum atomic E-state index is 13.1. The molecule has 0 bridgehead atoms. The molecule has 5 N–H and O–H groups in total. The molecule has 1 aromatic heterocycles. The molecule has 2 amide bonds. The summed E-state index contributed by atoms with van der Waals surface area (Å²) in [5.74, 6) is 0.0447. The molecule has 5 aromatic rings. The number of pyridine rings is 1. The van der Waals surface area contributed by atoms with Gasteiger partial charge in [0, 0.05) is 69.4 Å². The van der Waals surface area contributed by atoms with Crippen LogP contribution >= 0.6 is 0 Å². The Labute approximate surface area is 349 Å². The summed E-state index contributed by atoms with van der Waals surface area (Å²) in [5.41, 5.74) is 5.16. The summed E-state index contributed by atoms with van der Waals surface area (Å²) in [5, 5.41) is 27.5. The number of nitrogens with zero attached hydrogens (tertiary/aromatic N) is 2. The van der Waals surface area contributed by atoms with Crippen molar-refractivity contribution in [3.8, 4) is 16.9 Å². The number of rotatable bonds is 15. The Morgan fingerprint density at radius 3 is 2.33 bits per heavy atom. The SMILES string of the molecule is O=C(Cc1ccccc1-c1ccccc1)OC1CCN(CCC(=O)N2CCC(COC(=O)Nc3ccc(CNC[C@H](O)c4ccc(O)c5[nH]c(=O)ccc45)cc3)CC2)CC1. The monoisotopic (exact) mass is 815 g/mol. The number of H-pyrrole nitrogens is 1. The van der Waals surface area contributed by atoms with Crippen LogP contribution < -0.4 is 16.2 Å². The van der Waals surface area contributed by atoms with Gasteiger partial charge in [0.25, 0.3) is 0 Å². The number of nitrogens with one attached hydrogen (secondary N) is 3. The van der Waals surface area contributed by atoms with E-state index in [-0.39, 0.29) is 60.3 Å². The second-order valence-corrected chi connectivity index (χ2v) is 15.7. The third kappa shape index (κ3) is 11.4. The molecular formula is C47H53N5O8. The molecule has 0 spiro atoms. The lowest BCUT2D eigenvalue weighted by atomic mass is 9.97. The van der Waals surface area contributed by atoms with Gasteiger partial charge in [-0.15, -0.1) is 0 Å². The van der Waals surface area contributed by atoms with Crippen LogP contribution in [0.1, 0.15) is 54.9 Å². The van der Waals surface area contributed by atoms with Crippen LogP contribution in [-0.2, 0) is 32.0 Å². The van der Waals surface area contributed by atoms with Crippen molar-refractivity contribution in [2.75, 3.05) is 51.2 Å². The molecule has 314 valence electrons. The first-order chi connectivity index (χ1) is 29.2. The number of hydrogen-bond acceptors (Lipinski definition) is 10. The molecule has 1 atom stereocenters. The molecule has 13 nitrogen and oxygen atoms in total. The number of ether oxygens (including phenoxy) is 2.